The molecule has 0 fully saturated rings. The molecule has 1 aromatic heterocycles. The molecule has 32 heavy (non-hydrogen) atoms. The third-order valence-electron chi connectivity index (χ3n) is 4.39. The molecule has 3 aromatic rings. The van der Waals surface area contributed by atoms with Crippen molar-refractivity contribution in [2.24, 2.45) is 0 Å². The second kappa shape index (κ2) is 10.6. The Morgan fingerprint density at radius 2 is 1.69 bits per heavy atom. The lowest BCUT2D eigenvalue weighted by atomic mass is 10.2. The number of anilines is 1. The molecule has 3 rings (SSSR count). The number of aromatic nitrogens is 1. The number of sulfonamides is 1. The van der Waals surface area contributed by atoms with Crippen molar-refractivity contribution >= 4 is 27.5 Å². The Bertz CT molecular complexity index is 1190. The maximum Gasteiger partial charge on any atom is 0.255 e. The van der Waals surface area contributed by atoms with Crippen LogP contribution in [0, 0.1) is 5.82 Å². The van der Waals surface area contributed by atoms with Crippen LogP contribution in [0.4, 0.5) is 10.1 Å². The zero-order valence-electron chi connectivity index (χ0n) is 16.9. The number of carbonyl (C=O) groups is 2. The van der Waals surface area contributed by atoms with Gasteiger partial charge in [0.25, 0.3) is 5.91 Å². The van der Waals surface area contributed by atoms with E-state index in [1.807, 2.05) is 0 Å². The van der Waals surface area contributed by atoms with Crippen LogP contribution in [-0.2, 0) is 21.4 Å². The molecule has 0 atom stereocenters. The molecule has 0 aliphatic carbocycles. The van der Waals surface area contributed by atoms with Gasteiger partial charge in [0, 0.05) is 43.2 Å². The first-order valence-electron chi connectivity index (χ1n) is 9.66. The van der Waals surface area contributed by atoms with Gasteiger partial charge in [-0.05, 0) is 54.1 Å². The van der Waals surface area contributed by atoms with Crippen LogP contribution in [0.15, 0.2) is 78.0 Å². The van der Waals surface area contributed by atoms with Crippen molar-refractivity contribution in [3.8, 4) is 0 Å². The number of nitrogens with zero attached hydrogens (tertiary/aromatic N) is 1. The topological polar surface area (TPSA) is 117 Å². The summed E-state index contributed by atoms with van der Waals surface area (Å²) in [7, 11) is -3.82. The second-order valence-corrected chi connectivity index (χ2v) is 8.54. The number of amides is 2. The Hall–Kier alpha value is -3.63. The highest BCUT2D eigenvalue weighted by Gasteiger charge is 2.14. The zero-order chi connectivity index (χ0) is 23.0. The summed E-state index contributed by atoms with van der Waals surface area (Å²) < 4.78 is 39.5. The van der Waals surface area contributed by atoms with E-state index in [1.54, 1.807) is 36.4 Å². The molecule has 2 amide bonds. The Labute approximate surface area is 184 Å². The molecule has 0 aliphatic rings. The highest BCUT2D eigenvalue weighted by molar-refractivity contribution is 7.89. The lowest BCUT2D eigenvalue weighted by Crippen LogP contribution is -2.30. The van der Waals surface area contributed by atoms with Crippen LogP contribution in [0.2, 0.25) is 0 Å². The fraction of sp³-hybridized carbons (Fsp3) is 0.136. The first kappa shape index (κ1) is 23.0. The van der Waals surface area contributed by atoms with E-state index in [0.29, 0.717) is 11.3 Å². The van der Waals surface area contributed by atoms with E-state index >= 15 is 0 Å². The summed E-state index contributed by atoms with van der Waals surface area (Å²) in [4.78, 5) is 28.1. The van der Waals surface area contributed by atoms with Crippen molar-refractivity contribution in [3.05, 3.63) is 90.0 Å². The van der Waals surface area contributed by atoms with Gasteiger partial charge in [0.2, 0.25) is 15.9 Å². The van der Waals surface area contributed by atoms with Crippen LogP contribution >= 0.6 is 0 Å². The van der Waals surface area contributed by atoms with Gasteiger partial charge in [0.15, 0.2) is 0 Å². The Morgan fingerprint density at radius 1 is 0.969 bits per heavy atom. The number of hydrogen-bond donors (Lipinski definition) is 3. The number of hydrogen-bond acceptors (Lipinski definition) is 5. The van der Waals surface area contributed by atoms with Crippen molar-refractivity contribution in [1.29, 1.82) is 0 Å². The Kier molecular flexibility index (Phi) is 7.63. The molecule has 8 nitrogen and oxygen atoms in total. The molecular formula is C22H21FN4O4S. The predicted octanol–water partition coefficient (Wildman–Crippen LogP) is 2.46. The molecule has 0 unspecified atom stereocenters. The smallest absolute Gasteiger partial charge is 0.255 e. The van der Waals surface area contributed by atoms with Crippen molar-refractivity contribution in [2.45, 2.75) is 17.9 Å². The normalized spacial score (nSPS) is 11.0. The highest BCUT2D eigenvalue weighted by atomic mass is 32.2. The summed E-state index contributed by atoms with van der Waals surface area (Å²) in [5.74, 6) is -1.16. The van der Waals surface area contributed by atoms with E-state index in [4.69, 9.17) is 0 Å². The van der Waals surface area contributed by atoms with Crippen molar-refractivity contribution in [3.63, 3.8) is 0 Å². The SMILES string of the molecule is O=C(CCNS(=O)(=O)c1ccc(F)cc1)NCc1cccc(NC(=O)c2ccncc2)c1. The Balaban J connectivity index is 1.46. The second-order valence-electron chi connectivity index (χ2n) is 6.77. The fourth-order valence-electron chi connectivity index (χ4n) is 2.75. The van der Waals surface area contributed by atoms with Crippen molar-refractivity contribution in [1.82, 2.24) is 15.0 Å². The van der Waals surface area contributed by atoms with Gasteiger partial charge in [-0.3, -0.25) is 14.6 Å². The lowest BCUT2D eigenvalue weighted by molar-refractivity contribution is -0.121. The van der Waals surface area contributed by atoms with E-state index in [1.165, 1.54) is 12.4 Å². The van der Waals surface area contributed by atoms with Crippen molar-refractivity contribution in [2.75, 3.05) is 11.9 Å². The van der Waals surface area contributed by atoms with E-state index in [9.17, 15) is 22.4 Å². The van der Waals surface area contributed by atoms with Gasteiger partial charge in [-0.2, -0.15) is 0 Å². The van der Waals surface area contributed by atoms with Crippen LogP contribution in [-0.4, -0.2) is 31.8 Å². The molecule has 0 saturated carbocycles. The molecular weight excluding hydrogens is 435 g/mol. The van der Waals surface area contributed by atoms with Gasteiger partial charge in [0.1, 0.15) is 5.82 Å². The average molecular weight is 456 g/mol. The number of rotatable bonds is 9. The number of benzene rings is 2. The van der Waals surface area contributed by atoms with E-state index in [-0.39, 0.29) is 36.2 Å². The van der Waals surface area contributed by atoms with Crippen molar-refractivity contribution < 1.29 is 22.4 Å². The molecule has 10 heteroatoms. The number of pyridine rings is 1. The third kappa shape index (κ3) is 6.69. The molecule has 0 saturated heterocycles. The molecule has 166 valence electrons. The molecule has 3 N–H and O–H groups in total. The summed E-state index contributed by atoms with van der Waals surface area (Å²) in [5, 5.41) is 5.48. The summed E-state index contributed by atoms with van der Waals surface area (Å²) in [5.41, 5.74) is 1.81. The van der Waals surface area contributed by atoms with E-state index in [2.05, 4.69) is 20.3 Å². The molecule has 0 radical (unpaired) electrons. The van der Waals surface area contributed by atoms with Gasteiger partial charge in [-0.1, -0.05) is 12.1 Å². The fourth-order valence-corrected chi connectivity index (χ4v) is 3.78. The Morgan fingerprint density at radius 3 is 2.41 bits per heavy atom. The molecule has 0 aliphatic heterocycles. The zero-order valence-corrected chi connectivity index (χ0v) is 17.7. The largest absolute Gasteiger partial charge is 0.352 e. The minimum absolute atomic E-state index is 0.0705. The average Bonchev–Trinajstić information content (AvgIpc) is 2.79. The maximum absolute atomic E-state index is 12.9. The predicted molar refractivity (Wildman–Crippen MR) is 117 cm³/mol. The molecule has 0 spiro atoms. The van der Waals surface area contributed by atoms with Gasteiger partial charge >= 0.3 is 0 Å². The highest BCUT2D eigenvalue weighted by Crippen LogP contribution is 2.13. The minimum atomic E-state index is -3.82. The first-order chi connectivity index (χ1) is 15.3. The van der Waals surface area contributed by atoms with Crippen LogP contribution in [0.5, 0.6) is 0 Å². The monoisotopic (exact) mass is 456 g/mol. The standard InChI is InChI=1S/C22H21FN4O4S/c23-18-4-6-20(7-5-18)32(30,31)26-13-10-21(28)25-15-16-2-1-3-19(14-16)27-22(29)17-8-11-24-12-9-17/h1-9,11-12,14,26H,10,13,15H2,(H,25,28)(H,27,29). The summed E-state index contributed by atoms with van der Waals surface area (Å²) in [6.07, 6.45) is 2.99. The van der Waals surface area contributed by atoms with E-state index in [0.717, 1.165) is 29.8 Å². The lowest BCUT2D eigenvalue weighted by Gasteiger charge is -2.10. The quantitative estimate of drug-likeness (QED) is 0.457. The van der Waals surface area contributed by atoms with Gasteiger partial charge in [-0.25, -0.2) is 17.5 Å². The summed E-state index contributed by atoms with van der Waals surface area (Å²) in [6.45, 7) is 0.107. The van der Waals surface area contributed by atoms with Gasteiger partial charge in [0.05, 0.1) is 4.90 Å². The molecule has 1 heterocycles. The summed E-state index contributed by atoms with van der Waals surface area (Å²) >= 11 is 0. The van der Waals surface area contributed by atoms with E-state index < -0.39 is 15.8 Å². The molecule has 0 bridgehead atoms. The van der Waals surface area contributed by atoms with Gasteiger partial charge in [-0.15, -0.1) is 0 Å². The minimum Gasteiger partial charge on any atom is -0.352 e. The number of nitrogens with one attached hydrogen (secondary N) is 3. The first-order valence-corrected chi connectivity index (χ1v) is 11.1. The van der Waals surface area contributed by atoms with Crippen LogP contribution in [0.3, 0.4) is 0 Å². The maximum atomic E-state index is 12.9. The third-order valence-corrected chi connectivity index (χ3v) is 5.86. The van der Waals surface area contributed by atoms with Crippen LogP contribution < -0.4 is 15.4 Å². The van der Waals surface area contributed by atoms with Gasteiger partial charge < -0.3 is 10.6 Å². The van der Waals surface area contributed by atoms with Crippen LogP contribution in [0.1, 0.15) is 22.3 Å². The number of carbonyl (C=O) groups excluding carboxylic acids is 2. The van der Waals surface area contributed by atoms with Crippen LogP contribution in [0.25, 0.3) is 0 Å². The molecule has 2 aromatic carbocycles. The number of halogens is 1. The summed E-state index contributed by atoms with van der Waals surface area (Å²) in [6, 6.07) is 14.6.